The molecule has 0 spiro atoms. The first-order chi connectivity index (χ1) is 3.98. The van der Waals surface area contributed by atoms with Gasteiger partial charge < -0.3 is 0 Å². The molecule has 52 valence electrons. The van der Waals surface area contributed by atoms with E-state index in [1.807, 2.05) is 13.8 Å². The van der Waals surface area contributed by atoms with Crippen LogP contribution in [0.25, 0.3) is 0 Å². The standard InChI is InChI=1S/C6H11ClGeO/c1-5(9)4-6(2,3)8-7/h4H2,1-3H3. The second-order valence-corrected chi connectivity index (χ2v) is 7.08. The van der Waals surface area contributed by atoms with E-state index in [2.05, 4.69) is 0 Å². The molecule has 0 heterocycles. The first kappa shape index (κ1) is 9.50. The molecular weight excluding hydrogens is 196 g/mol. The Kier molecular flexibility index (Phi) is 3.82. The quantitative estimate of drug-likeness (QED) is 0.647. The second-order valence-electron chi connectivity index (χ2n) is 2.86. The molecule has 0 saturated heterocycles. The summed E-state index contributed by atoms with van der Waals surface area (Å²) < 4.78 is 0.105. The average molecular weight is 207 g/mol. The van der Waals surface area contributed by atoms with Crippen LogP contribution in [0.1, 0.15) is 27.2 Å². The molecule has 3 heteroatoms. The molecule has 0 rings (SSSR count). The Bertz CT molecular complexity index is 112. The summed E-state index contributed by atoms with van der Waals surface area (Å²) >= 11 is -0.440. The van der Waals surface area contributed by atoms with Crippen LogP contribution in [0.3, 0.4) is 0 Å². The first-order valence-corrected chi connectivity index (χ1v) is 6.66. The van der Waals surface area contributed by atoms with Crippen LogP contribution in [0.4, 0.5) is 0 Å². The summed E-state index contributed by atoms with van der Waals surface area (Å²) in [5.41, 5.74) is 0. The second kappa shape index (κ2) is 3.62. The number of carbonyl (C=O) groups is 1. The van der Waals surface area contributed by atoms with Crippen molar-refractivity contribution in [3.05, 3.63) is 0 Å². The van der Waals surface area contributed by atoms with Crippen molar-refractivity contribution in [3.8, 4) is 0 Å². The fourth-order valence-corrected chi connectivity index (χ4v) is 1.67. The molecule has 0 aliphatic rings. The zero-order valence-electron chi connectivity index (χ0n) is 5.99. The van der Waals surface area contributed by atoms with E-state index in [-0.39, 0.29) is 10.0 Å². The number of hydrogen-bond acceptors (Lipinski definition) is 1. The minimum absolute atomic E-state index is 0.105. The molecule has 0 unspecified atom stereocenters. The van der Waals surface area contributed by atoms with E-state index in [0.717, 1.165) is 0 Å². The van der Waals surface area contributed by atoms with Gasteiger partial charge in [0.25, 0.3) is 0 Å². The van der Waals surface area contributed by atoms with Gasteiger partial charge in [-0.05, 0) is 0 Å². The third-order valence-corrected chi connectivity index (χ3v) is 5.05. The van der Waals surface area contributed by atoms with Crippen LogP contribution in [0.15, 0.2) is 0 Å². The number of Topliss-reactive ketones (excluding diaryl/α,β-unsaturated/α-hetero) is 1. The van der Waals surface area contributed by atoms with Crippen LogP contribution in [0.5, 0.6) is 0 Å². The van der Waals surface area contributed by atoms with Crippen LogP contribution < -0.4 is 0 Å². The van der Waals surface area contributed by atoms with Crippen molar-refractivity contribution in [2.24, 2.45) is 0 Å². The summed E-state index contributed by atoms with van der Waals surface area (Å²) in [6, 6.07) is 0. The Labute approximate surface area is 66.8 Å². The fourth-order valence-electron chi connectivity index (χ4n) is 0.656. The molecule has 2 radical (unpaired) electrons. The molecule has 0 aliphatic heterocycles. The van der Waals surface area contributed by atoms with Crippen molar-refractivity contribution in [1.82, 2.24) is 0 Å². The molecule has 0 N–H and O–H groups in total. The van der Waals surface area contributed by atoms with Gasteiger partial charge >= 0.3 is 66.5 Å². The molecule has 1 nitrogen and oxygen atoms in total. The molecule has 0 amide bonds. The van der Waals surface area contributed by atoms with Gasteiger partial charge in [0.05, 0.1) is 0 Å². The topological polar surface area (TPSA) is 17.1 Å². The predicted molar refractivity (Wildman–Crippen MR) is 40.9 cm³/mol. The van der Waals surface area contributed by atoms with Gasteiger partial charge in [-0.3, -0.25) is 0 Å². The van der Waals surface area contributed by atoms with E-state index in [0.29, 0.717) is 6.42 Å². The van der Waals surface area contributed by atoms with Gasteiger partial charge in [0.15, 0.2) is 0 Å². The number of halogens is 1. The summed E-state index contributed by atoms with van der Waals surface area (Å²) in [7, 11) is 5.71. The van der Waals surface area contributed by atoms with Crippen molar-refractivity contribution >= 4 is 30.3 Å². The molecule has 0 aromatic heterocycles. The van der Waals surface area contributed by atoms with Crippen LogP contribution in [0.2, 0.25) is 4.25 Å². The van der Waals surface area contributed by atoms with Gasteiger partial charge in [0, 0.05) is 0 Å². The van der Waals surface area contributed by atoms with Crippen molar-refractivity contribution in [3.63, 3.8) is 0 Å². The minimum atomic E-state index is -0.440. The van der Waals surface area contributed by atoms with E-state index in [1.165, 1.54) is 0 Å². The number of carbonyl (C=O) groups excluding carboxylic acids is 1. The summed E-state index contributed by atoms with van der Waals surface area (Å²) in [5, 5.41) is 0. The van der Waals surface area contributed by atoms with Crippen molar-refractivity contribution in [2.45, 2.75) is 31.4 Å². The summed E-state index contributed by atoms with van der Waals surface area (Å²) in [6.07, 6.45) is 0.635. The van der Waals surface area contributed by atoms with Crippen molar-refractivity contribution in [1.29, 1.82) is 0 Å². The molecule has 0 saturated carbocycles. The molecular formula is C6H11ClGeO. The van der Waals surface area contributed by atoms with Crippen LogP contribution >= 0.6 is 10.0 Å². The number of hydrogen-bond donors (Lipinski definition) is 0. The zero-order valence-corrected chi connectivity index (χ0v) is 8.85. The van der Waals surface area contributed by atoms with Gasteiger partial charge in [-0.15, -0.1) is 0 Å². The van der Waals surface area contributed by atoms with Gasteiger partial charge in [-0.25, -0.2) is 0 Å². The Morgan fingerprint density at radius 2 is 2.11 bits per heavy atom. The molecule has 0 aromatic carbocycles. The summed E-state index contributed by atoms with van der Waals surface area (Å²) in [4.78, 5) is 10.6. The van der Waals surface area contributed by atoms with Crippen LogP contribution in [0, 0.1) is 0 Å². The van der Waals surface area contributed by atoms with E-state index in [1.54, 1.807) is 6.92 Å². The van der Waals surface area contributed by atoms with E-state index < -0.39 is 14.5 Å². The summed E-state index contributed by atoms with van der Waals surface area (Å²) in [6.45, 7) is 5.70. The van der Waals surface area contributed by atoms with Gasteiger partial charge in [0.1, 0.15) is 0 Å². The average Bonchev–Trinajstić information content (AvgIpc) is 1.63. The number of ketones is 1. The Morgan fingerprint density at radius 3 is 2.22 bits per heavy atom. The Balaban J connectivity index is 3.71. The van der Waals surface area contributed by atoms with Gasteiger partial charge in [-0.1, -0.05) is 0 Å². The molecule has 0 bridgehead atoms. The van der Waals surface area contributed by atoms with E-state index >= 15 is 0 Å². The monoisotopic (exact) mass is 208 g/mol. The molecule has 0 atom stereocenters. The normalized spacial score (nSPS) is 11.6. The molecule has 0 aliphatic carbocycles. The third kappa shape index (κ3) is 4.97. The summed E-state index contributed by atoms with van der Waals surface area (Å²) in [5.74, 6) is 0.240. The predicted octanol–water partition coefficient (Wildman–Crippen LogP) is 2.02. The SMILES string of the molecule is CC(=O)C[C](C)(C)[Ge][Cl]. The van der Waals surface area contributed by atoms with Gasteiger partial charge in [-0.2, -0.15) is 0 Å². The maximum absolute atomic E-state index is 10.6. The van der Waals surface area contributed by atoms with Crippen LogP contribution in [-0.4, -0.2) is 20.3 Å². The van der Waals surface area contributed by atoms with Crippen molar-refractivity contribution < 1.29 is 4.79 Å². The van der Waals surface area contributed by atoms with Crippen molar-refractivity contribution in [2.75, 3.05) is 0 Å². The fraction of sp³-hybridized carbons (Fsp3) is 0.833. The third-order valence-electron chi connectivity index (χ3n) is 0.947. The number of rotatable bonds is 3. The molecule has 0 aromatic rings. The van der Waals surface area contributed by atoms with Crippen LogP contribution in [-0.2, 0) is 4.79 Å². The maximum atomic E-state index is 10.6. The Morgan fingerprint density at radius 1 is 1.67 bits per heavy atom. The van der Waals surface area contributed by atoms with Gasteiger partial charge in [0.2, 0.25) is 0 Å². The molecule has 9 heavy (non-hydrogen) atoms. The first-order valence-electron chi connectivity index (χ1n) is 2.85. The Hall–Kier alpha value is 0.503. The molecule has 0 fully saturated rings. The zero-order chi connectivity index (χ0) is 7.49. The van der Waals surface area contributed by atoms with E-state index in [9.17, 15) is 4.79 Å². The van der Waals surface area contributed by atoms with E-state index in [4.69, 9.17) is 10.0 Å².